The zero-order chi connectivity index (χ0) is 33.1. The summed E-state index contributed by atoms with van der Waals surface area (Å²) in [6.07, 6.45) is 0. The second-order valence-electron chi connectivity index (χ2n) is 13.2. The highest BCUT2D eigenvalue weighted by molar-refractivity contribution is 6.03. The van der Waals surface area contributed by atoms with Gasteiger partial charge in [0.25, 0.3) is 0 Å². The number of fused-ring (bicyclic) bond motifs is 10. The van der Waals surface area contributed by atoms with Crippen LogP contribution >= 0.6 is 0 Å². The molecule has 1 heterocycles. The van der Waals surface area contributed by atoms with Crippen molar-refractivity contribution < 1.29 is 4.74 Å². The molecule has 8 aromatic rings. The van der Waals surface area contributed by atoms with E-state index in [-0.39, 0.29) is 0 Å². The Morgan fingerprint density at radius 1 is 0.280 bits per heavy atom. The number of ether oxygens (including phenoxy) is 1. The molecule has 1 heteroatoms. The molecule has 2 aliphatic rings. The average Bonchev–Trinajstić information content (AvgIpc) is 3.19. The second-order valence-corrected chi connectivity index (χ2v) is 13.2. The van der Waals surface area contributed by atoms with E-state index in [1.807, 2.05) is 0 Å². The zero-order valence-electron chi connectivity index (χ0n) is 27.4. The molecule has 0 unspecified atom stereocenters. The minimum Gasteiger partial charge on any atom is -0.457 e. The highest BCUT2D eigenvalue weighted by atomic mass is 16.5. The van der Waals surface area contributed by atoms with Gasteiger partial charge in [-0.3, -0.25) is 0 Å². The summed E-state index contributed by atoms with van der Waals surface area (Å²) >= 11 is 0. The molecule has 0 atom stereocenters. The number of hydrogen-bond acceptors (Lipinski definition) is 1. The van der Waals surface area contributed by atoms with Crippen molar-refractivity contribution in [1.82, 2.24) is 0 Å². The van der Waals surface area contributed by atoms with Crippen LogP contribution in [0.15, 0.2) is 194 Å². The molecule has 10 rings (SSSR count). The Morgan fingerprint density at radius 3 is 1.26 bits per heavy atom. The topological polar surface area (TPSA) is 9.23 Å². The number of benzene rings is 8. The predicted molar refractivity (Wildman–Crippen MR) is 206 cm³/mol. The molecule has 0 saturated heterocycles. The van der Waals surface area contributed by atoms with Gasteiger partial charge in [0.1, 0.15) is 11.5 Å². The molecule has 1 aliphatic heterocycles. The number of rotatable bonds is 3. The predicted octanol–water partition coefficient (Wildman–Crippen LogP) is 12.8. The van der Waals surface area contributed by atoms with Crippen LogP contribution in [0.1, 0.15) is 22.3 Å². The van der Waals surface area contributed by atoms with E-state index in [0.29, 0.717) is 0 Å². The van der Waals surface area contributed by atoms with E-state index in [0.717, 1.165) is 22.6 Å². The molecule has 0 bridgehead atoms. The van der Waals surface area contributed by atoms with Crippen molar-refractivity contribution in [3.8, 4) is 67.1 Å². The minimum atomic E-state index is -0.568. The summed E-state index contributed by atoms with van der Waals surface area (Å²) in [5.41, 5.74) is 16.5. The Bertz CT molecular complexity index is 2530. The molecular weight excluding hydrogens is 605 g/mol. The summed E-state index contributed by atoms with van der Waals surface area (Å²) < 4.78 is 6.56. The van der Waals surface area contributed by atoms with Crippen molar-refractivity contribution in [3.63, 3.8) is 0 Å². The summed E-state index contributed by atoms with van der Waals surface area (Å²) in [5.74, 6) is 1.77. The molecule has 234 valence electrons. The monoisotopic (exact) mass is 636 g/mol. The van der Waals surface area contributed by atoms with Crippen LogP contribution in [0.2, 0.25) is 0 Å². The van der Waals surface area contributed by atoms with Gasteiger partial charge in [0, 0.05) is 11.1 Å². The van der Waals surface area contributed by atoms with E-state index in [9.17, 15) is 0 Å². The largest absolute Gasteiger partial charge is 0.457 e. The summed E-state index contributed by atoms with van der Waals surface area (Å²) in [6, 6.07) is 70.6. The van der Waals surface area contributed by atoms with E-state index in [1.165, 1.54) is 66.8 Å². The van der Waals surface area contributed by atoms with Crippen molar-refractivity contribution in [3.05, 3.63) is 216 Å². The first kappa shape index (κ1) is 28.6. The lowest BCUT2D eigenvalue weighted by Gasteiger charge is -2.41. The van der Waals surface area contributed by atoms with Crippen LogP contribution < -0.4 is 4.74 Å². The fourth-order valence-electron chi connectivity index (χ4n) is 8.44. The van der Waals surface area contributed by atoms with Gasteiger partial charge in [0.05, 0.1) is 5.41 Å². The van der Waals surface area contributed by atoms with Crippen LogP contribution in [0, 0.1) is 0 Å². The van der Waals surface area contributed by atoms with E-state index >= 15 is 0 Å². The van der Waals surface area contributed by atoms with Gasteiger partial charge in [0.15, 0.2) is 0 Å². The number of para-hydroxylation sites is 2. The maximum atomic E-state index is 6.56. The Kier molecular flexibility index (Phi) is 6.47. The van der Waals surface area contributed by atoms with Crippen LogP contribution in [-0.4, -0.2) is 0 Å². The van der Waals surface area contributed by atoms with Gasteiger partial charge in [-0.1, -0.05) is 170 Å². The lowest BCUT2D eigenvalue weighted by molar-refractivity contribution is 0.434. The molecule has 8 aromatic carbocycles. The molecule has 0 radical (unpaired) electrons. The molecule has 1 aliphatic carbocycles. The van der Waals surface area contributed by atoms with Gasteiger partial charge in [-0.2, -0.15) is 0 Å². The quantitative estimate of drug-likeness (QED) is 0.187. The summed E-state index contributed by atoms with van der Waals surface area (Å²) in [6.45, 7) is 0. The highest BCUT2D eigenvalue weighted by Gasteiger charge is 2.45. The van der Waals surface area contributed by atoms with Crippen molar-refractivity contribution in [1.29, 1.82) is 0 Å². The Morgan fingerprint density at radius 2 is 0.700 bits per heavy atom. The maximum absolute atomic E-state index is 6.56. The zero-order valence-corrected chi connectivity index (χ0v) is 27.4. The molecule has 0 N–H and O–H groups in total. The first-order valence-electron chi connectivity index (χ1n) is 17.3. The van der Waals surface area contributed by atoms with Gasteiger partial charge < -0.3 is 4.74 Å². The Balaban J connectivity index is 1.22. The van der Waals surface area contributed by atoms with E-state index < -0.39 is 5.41 Å². The molecule has 50 heavy (non-hydrogen) atoms. The van der Waals surface area contributed by atoms with E-state index in [4.69, 9.17) is 4.74 Å². The van der Waals surface area contributed by atoms with Crippen molar-refractivity contribution in [2.24, 2.45) is 0 Å². The minimum absolute atomic E-state index is 0.568. The number of hydrogen-bond donors (Lipinski definition) is 0. The first-order valence-corrected chi connectivity index (χ1v) is 17.3. The Labute approximate surface area is 292 Å². The van der Waals surface area contributed by atoms with Gasteiger partial charge >= 0.3 is 0 Å². The normalized spacial score (nSPS) is 13.1. The third-order valence-electron chi connectivity index (χ3n) is 10.6. The fraction of sp³-hybridized carbons (Fsp3) is 0.0204. The third-order valence-corrected chi connectivity index (χ3v) is 10.6. The van der Waals surface area contributed by atoms with Crippen LogP contribution in [0.3, 0.4) is 0 Å². The van der Waals surface area contributed by atoms with Crippen molar-refractivity contribution >= 4 is 0 Å². The van der Waals surface area contributed by atoms with Crippen LogP contribution in [0.5, 0.6) is 11.5 Å². The van der Waals surface area contributed by atoms with Crippen LogP contribution in [0.25, 0.3) is 55.6 Å². The molecule has 0 spiro atoms. The van der Waals surface area contributed by atoms with Crippen molar-refractivity contribution in [2.75, 3.05) is 0 Å². The lowest BCUT2D eigenvalue weighted by Crippen LogP contribution is -2.34. The third kappa shape index (κ3) is 4.20. The summed E-state index contributed by atoms with van der Waals surface area (Å²) in [5, 5.41) is 0. The van der Waals surface area contributed by atoms with E-state index in [2.05, 4.69) is 194 Å². The average molecular weight is 637 g/mol. The van der Waals surface area contributed by atoms with Crippen LogP contribution in [0.4, 0.5) is 0 Å². The molecule has 0 saturated carbocycles. The SMILES string of the molecule is c1ccc(C2(c3cccc(-c4ccc5c(c4)-c4ccccc4-c4ccccc4-c4ccccc4-5)c3)c3ccccc3Oc3ccccc32)cc1. The van der Waals surface area contributed by atoms with Gasteiger partial charge in [-0.25, -0.2) is 0 Å². The molecular formula is C49H32O. The standard InChI is InChI=1S/C49H32O/c1-2-16-35(17-3-1)49(45-25-10-12-27-47(45)50-48-28-13-11-26-46(48)49)36-18-14-15-33(31-36)34-29-30-43-41-23-7-6-21-39(41)37-19-4-5-20-38(37)40-22-8-9-24-42(40)44(43)32-34/h1-32H. The second kappa shape index (κ2) is 11.3. The van der Waals surface area contributed by atoms with E-state index in [1.54, 1.807) is 0 Å². The smallest absolute Gasteiger partial charge is 0.132 e. The molecule has 0 fully saturated rings. The fourth-order valence-corrected chi connectivity index (χ4v) is 8.44. The summed E-state index contributed by atoms with van der Waals surface area (Å²) in [4.78, 5) is 0. The van der Waals surface area contributed by atoms with Crippen LogP contribution in [-0.2, 0) is 5.41 Å². The molecule has 0 aromatic heterocycles. The van der Waals surface area contributed by atoms with Gasteiger partial charge in [-0.15, -0.1) is 0 Å². The lowest BCUT2D eigenvalue weighted by atomic mass is 9.63. The molecule has 0 amide bonds. The maximum Gasteiger partial charge on any atom is 0.132 e. The molecule has 1 nitrogen and oxygen atoms in total. The summed E-state index contributed by atoms with van der Waals surface area (Å²) in [7, 11) is 0. The van der Waals surface area contributed by atoms with Gasteiger partial charge in [0.2, 0.25) is 0 Å². The van der Waals surface area contributed by atoms with Crippen molar-refractivity contribution in [2.45, 2.75) is 5.41 Å². The van der Waals surface area contributed by atoms with Gasteiger partial charge in [-0.05, 0) is 91.0 Å². The Hall–Kier alpha value is -6.44. The highest BCUT2D eigenvalue weighted by Crippen LogP contribution is 2.56. The first-order chi connectivity index (χ1) is 24.8.